The zero-order chi connectivity index (χ0) is 44.8. The molecule has 12 aliphatic rings. The van der Waals surface area contributed by atoms with Gasteiger partial charge in [0.1, 0.15) is 17.2 Å². The molecular weight excluding hydrogens is 793 g/mol. The third-order valence-electron chi connectivity index (χ3n) is 26.7. The molecular formula is C62H78O3. The molecule has 3 heteroatoms. The Labute approximate surface area is 390 Å². The van der Waals surface area contributed by atoms with E-state index in [9.17, 15) is 15.3 Å². The van der Waals surface area contributed by atoms with Crippen molar-refractivity contribution in [3.8, 4) is 17.2 Å². The van der Waals surface area contributed by atoms with Crippen LogP contribution in [-0.2, 0) is 32.5 Å². The van der Waals surface area contributed by atoms with E-state index in [0.29, 0.717) is 33.5 Å². The summed E-state index contributed by atoms with van der Waals surface area (Å²) >= 11 is 0. The highest BCUT2D eigenvalue weighted by molar-refractivity contribution is 5.68. The van der Waals surface area contributed by atoms with E-state index in [1.807, 2.05) is 0 Å². The Morgan fingerprint density at radius 1 is 0.446 bits per heavy atom. The quantitative estimate of drug-likeness (QED) is 0.159. The highest BCUT2D eigenvalue weighted by Crippen LogP contribution is 2.94. The number of hydrogen-bond donors (Lipinski definition) is 3. The second-order valence-electron chi connectivity index (χ2n) is 28.5. The van der Waals surface area contributed by atoms with Gasteiger partial charge in [0.2, 0.25) is 0 Å². The van der Waals surface area contributed by atoms with Gasteiger partial charge in [0.05, 0.1) is 0 Å². The van der Waals surface area contributed by atoms with Gasteiger partial charge in [-0.25, -0.2) is 0 Å². The maximum absolute atomic E-state index is 13.7. The summed E-state index contributed by atoms with van der Waals surface area (Å²) in [6.07, 6.45) is 19.8. The molecule has 6 atom stereocenters. The van der Waals surface area contributed by atoms with E-state index in [0.717, 1.165) is 89.2 Å². The summed E-state index contributed by atoms with van der Waals surface area (Å²) in [5.41, 5.74) is 11.4. The van der Waals surface area contributed by atoms with Crippen molar-refractivity contribution in [1.29, 1.82) is 0 Å². The Kier molecular flexibility index (Phi) is 7.01. The smallest absolute Gasteiger partial charge is 0.123 e. The predicted octanol–water partition coefficient (Wildman–Crippen LogP) is 14.5. The number of hydrogen-bond acceptors (Lipinski definition) is 3. The molecule has 15 rings (SSSR count). The molecule has 12 fully saturated rings. The fourth-order valence-corrected chi connectivity index (χ4v) is 22.2. The standard InChI is InChI=1S/C62H78O3/c1-10-54(4,5)32-19-44(51(63)47(22-32)57-25-38-13-35-14-39(26-57)60(35,38)31-57)50(45-20-33(55(6,7)11-2)23-48(52(45)64)58-27-40-15-36-16-41(28-58)61(36,40)58)46-21-34(56(8,9)12-3)24-49(53(46)65)59-29-42-17-37-18-43(30-59)62(37,42)59/h19-24,35-43,50,63-65H,10-18,25-31H2,1-9H3. The van der Waals surface area contributed by atoms with Crippen molar-refractivity contribution >= 4 is 0 Å². The van der Waals surface area contributed by atoms with E-state index in [1.54, 1.807) is 0 Å². The monoisotopic (exact) mass is 871 g/mol. The van der Waals surface area contributed by atoms with Crippen LogP contribution < -0.4 is 0 Å². The number of phenols is 3. The molecule has 0 aromatic heterocycles. The second kappa shape index (κ2) is 11.4. The van der Waals surface area contributed by atoms with E-state index in [-0.39, 0.29) is 32.5 Å². The summed E-state index contributed by atoms with van der Waals surface area (Å²) in [5, 5.41) is 41.0. The van der Waals surface area contributed by atoms with Gasteiger partial charge in [-0.15, -0.1) is 0 Å². The summed E-state index contributed by atoms with van der Waals surface area (Å²) < 4.78 is 0. The number of phenolic OH excluding ortho intramolecular Hbond substituents is 3. The normalized spacial score (nSPS) is 45.6. The molecule has 3 N–H and O–H groups in total. The molecule has 12 aliphatic carbocycles. The fourth-order valence-electron chi connectivity index (χ4n) is 22.2. The first kappa shape index (κ1) is 40.0. The van der Waals surface area contributed by atoms with Gasteiger partial charge in [-0.1, -0.05) is 98.7 Å². The van der Waals surface area contributed by atoms with Crippen LogP contribution in [0.2, 0.25) is 0 Å². The van der Waals surface area contributed by atoms with Gasteiger partial charge in [-0.2, -0.15) is 0 Å². The van der Waals surface area contributed by atoms with Crippen LogP contribution in [-0.4, -0.2) is 15.3 Å². The van der Waals surface area contributed by atoms with Gasteiger partial charge in [0.15, 0.2) is 0 Å². The maximum Gasteiger partial charge on any atom is 0.123 e. The Morgan fingerprint density at radius 3 is 1.09 bits per heavy atom. The first-order valence-electron chi connectivity index (χ1n) is 27.5. The molecule has 3 aromatic carbocycles. The third-order valence-corrected chi connectivity index (χ3v) is 26.7. The molecule has 12 saturated carbocycles. The van der Waals surface area contributed by atoms with E-state index >= 15 is 0 Å². The lowest BCUT2D eigenvalue weighted by Gasteiger charge is -2.91. The van der Waals surface area contributed by atoms with Crippen LogP contribution in [0.1, 0.15) is 221 Å². The lowest BCUT2D eigenvalue weighted by Crippen LogP contribution is -2.87. The zero-order valence-corrected chi connectivity index (χ0v) is 41.4. The van der Waals surface area contributed by atoms with Crippen LogP contribution in [0.15, 0.2) is 36.4 Å². The Hall–Kier alpha value is -2.94. The second-order valence-corrected chi connectivity index (χ2v) is 28.5. The molecule has 0 aliphatic heterocycles. The van der Waals surface area contributed by atoms with Crippen LogP contribution >= 0.6 is 0 Å². The highest BCUT2D eigenvalue weighted by Gasteiger charge is 2.89. The third kappa shape index (κ3) is 3.89. The molecule has 0 radical (unpaired) electrons. The Balaban J connectivity index is 1.02. The van der Waals surface area contributed by atoms with Crippen molar-refractivity contribution in [2.24, 2.45) is 69.5 Å². The zero-order valence-electron chi connectivity index (χ0n) is 41.4. The van der Waals surface area contributed by atoms with Crippen LogP contribution in [0.25, 0.3) is 0 Å². The van der Waals surface area contributed by atoms with Crippen molar-refractivity contribution < 1.29 is 15.3 Å². The van der Waals surface area contributed by atoms with Crippen LogP contribution in [0.5, 0.6) is 17.2 Å². The Bertz CT molecular complexity index is 2500. The SMILES string of the molecule is CCC(C)(C)c1cc(C(c2cc(C(C)(C)CC)cc(C34CC5CC6CC(C3)C654)c2O)c2cc(C(C)(C)CC)cc(C34CC5CC6CC(C3)C654)c2O)c(O)c(C23CC4CC5CC(C2)C54C3)c1. The largest absolute Gasteiger partial charge is 0.507 e. The van der Waals surface area contributed by atoms with Crippen molar-refractivity contribution in [3.05, 3.63) is 86.5 Å². The van der Waals surface area contributed by atoms with Gasteiger partial charge >= 0.3 is 0 Å². The number of rotatable bonds is 12. The minimum absolute atomic E-state index is 0.00472. The van der Waals surface area contributed by atoms with Crippen LogP contribution in [0.4, 0.5) is 0 Å². The van der Waals surface area contributed by atoms with Gasteiger partial charge in [0.25, 0.3) is 0 Å². The van der Waals surface area contributed by atoms with Gasteiger partial charge in [-0.3, -0.25) is 0 Å². The van der Waals surface area contributed by atoms with E-state index in [2.05, 4.69) is 98.7 Å². The summed E-state index contributed by atoms with van der Waals surface area (Å²) in [6.45, 7) is 21.4. The van der Waals surface area contributed by atoms with Crippen molar-refractivity contribution in [3.63, 3.8) is 0 Å². The molecule has 0 saturated heterocycles. The van der Waals surface area contributed by atoms with E-state index in [1.165, 1.54) is 117 Å². The van der Waals surface area contributed by atoms with E-state index in [4.69, 9.17) is 0 Å². The maximum atomic E-state index is 13.7. The minimum Gasteiger partial charge on any atom is -0.507 e. The predicted molar refractivity (Wildman–Crippen MR) is 259 cm³/mol. The lowest BCUT2D eigenvalue weighted by atomic mass is 9.12. The topological polar surface area (TPSA) is 60.7 Å². The van der Waals surface area contributed by atoms with Crippen molar-refractivity contribution in [2.45, 2.75) is 203 Å². The highest BCUT2D eigenvalue weighted by atomic mass is 16.3. The molecule has 65 heavy (non-hydrogen) atoms. The minimum atomic E-state index is -0.518. The Morgan fingerprint density at radius 2 is 0.785 bits per heavy atom. The molecule has 3 nitrogen and oxygen atoms in total. The average molecular weight is 871 g/mol. The molecule has 3 spiro atoms. The number of benzene rings is 3. The van der Waals surface area contributed by atoms with Gasteiger partial charge in [0, 0.05) is 55.5 Å². The molecule has 0 amide bonds. The first-order chi connectivity index (χ1) is 30.8. The summed E-state index contributed by atoms with van der Waals surface area (Å²) in [7, 11) is 0. The van der Waals surface area contributed by atoms with Gasteiger partial charge < -0.3 is 15.3 Å². The number of fused-ring (bicyclic) bond motifs is 1. The van der Waals surface area contributed by atoms with Crippen LogP contribution in [0, 0.1) is 69.5 Å². The van der Waals surface area contributed by atoms with Gasteiger partial charge in [-0.05, 0) is 205 Å². The van der Waals surface area contributed by atoms with Crippen molar-refractivity contribution in [2.75, 3.05) is 0 Å². The number of aromatic hydroxyl groups is 3. The van der Waals surface area contributed by atoms with Crippen molar-refractivity contribution in [1.82, 2.24) is 0 Å². The van der Waals surface area contributed by atoms with Crippen LogP contribution in [0.3, 0.4) is 0 Å². The molecule has 0 heterocycles. The summed E-state index contributed by atoms with van der Waals surface area (Å²) in [5.74, 6) is 8.31. The molecule has 2 bridgehead atoms. The van der Waals surface area contributed by atoms with E-state index < -0.39 is 5.92 Å². The molecule has 3 aromatic rings. The first-order valence-corrected chi connectivity index (χ1v) is 27.5. The summed E-state index contributed by atoms with van der Waals surface area (Å²) in [6, 6.07) is 14.6. The average Bonchev–Trinajstić information content (AvgIpc) is 3.70. The molecule has 6 unspecified atom stereocenters. The fraction of sp³-hybridized carbons (Fsp3) is 0.710. The lowest BCUT2D eigenvalue weighted by molar-refractivity contribution is -0.395. The molecule has 344 valence electrons. The summed E-state index contributed by atoms with van der Waals surface area (Å²) in [4.78, 5) is 0.